The number of esters is 1. The highest BCUT2D eigenvalue weighted by molar-refractivity contribution is 6.03. The number of carbonyl (C=O) groups excluding carboxylic acids is 2. The number of benzene rings is 2. The van der Waals surface area contributed by atoms with E-state index < -0.39 is 11.9 Å². The molecule has 0 aliphatic rings. The summed E-state index contributed by atoms with van der Waals surface area (Å²) >= 11 is 0. The molecule has 0 fully saturated rings. The van der Waals surface area contributed by atoms with Crippen LogP contribution in [0.4, 0.5) is 5.69 Å². The van der Waals surface area contributed by atoms with Gasteiger partial charge in [-0.1, -0.05) is 18.2 Å². The minimum absolute atomic E-state index is 0.00453. The van der Waals surface area contributed by atoms with E-state index in [2.05, 4.69) is 5.32 Å². The number of hydrogen-bond acceptors (Lipinski definition) is 5. The first-order valence-corrected chi connectivity index (χ1v) is 7.33. The van der Waals surface area contributed by atoms with Gasteiger partial charge in [-0.15, -0.1) is 0 Å². The molecule has 24 heavy (non-hydrogen) atoms. The number of aromatic hydroxyl groups is 1. The number of phenolic OH excluding ortho intramolecular Hbond substituents is 1. The van der Waals surface area contributed by atoms with Crippen molar-refractivity contribution in [2.45, 2.75) is 12.8 Å². The average Bonchev–Trinajstić information content (AvgIpc) is 2.61. The highest BCUT2D eigenvalue weighted by Crippen LogP contribution is 2.30. The Balaban J connectivity index is 2.23. The number of methoxy groups -OCH3 is 2. The van der Waals surface area contributed by atoms with Crippen molar-refractivity contribution in [1.29, 1.82) is 0 Å². The minimum Gasteiger partial charge on any atom is -0.504 e. The molecule has 1 unspecified atom stereocenters. The van der Waals surface area contributed by atoms with Crippen molar-refractivity contribution in [3.8, 4) is 11.5 Å². The summed E-state index contributed by atoms with van der Waals surface area (Å²) in [5.74, 6) is -1.03. The molecule has 6 heteroatoms. The van der Waals surface area contributed by atoms with Gasteiger partial charge < -0.3 is 19.9 Å². The van der Waals surface area contributed by atoms with E-state index >= 15 is 0 Å². The van der Waals surface area contributed by atoms with E-state index in [1.165, 1.54) is 20.3 Å². The second-order valence-electron chi connectivity index (χ2n) is 5.18. The van der Waals surface area contributed by atoms with Crippen LogP contribution in [0, 0.1) is 0 Å². The second-order valence-corrected chi connectivity index (χ2v) is 5.18. The van der Waals surface area contributed by atoms with E-state index in [1.54, 1.807) is 43.3 Å². The molecule has 2 aromatic carbocycles. The molecule has 0 radical (unpaired) electrons. The molecule has 6 nitrogen and oxygen atoms in total. The number of amides is 1. The molecule has 126 valence electrons. The lowest BCUT2D eigenvalue weighted by Crippen LogP contribution is -2.20. The SMILES string of the molecule is COC(=O)c1ccccc1NC(=O)C(C)c1ccc(O)c(OC)c1. The molecule has 2 aromatic rings. The van der Waals surface area contributed by atoms with Crippen molar-refractivity contribution in [3.05, 3.63) is 53.6 Å². The molecule has 1 amide bonds. The van der Waals surface area contributed by atoms with Gasteiger partial charge in [-0.2, -0.15) is 0 Å². The number of nitrogens with one attached hydrogen (secondary N) is 1. The van der Waals surface area contributed by atoms with Crippen LogP contribution in [0.2, 0.25) is 0 Å². The third-order valence-electron chi connectivity index (χ3n) is 3.69. The topological polar surface area (TPSA) is 84.9 Å². The van der Waals surface area contributed by atoms with Crippen LogP contribution in [0.5, 0.6) is 11.5 Å². The molecule has 1 atom stereocenters. The van der Waals surface area contributed by atoms with Crippen LogP contribution in [-0.2, 0) is 9.53 Å². The average molecular weight is 329 g/mol. The van der Waals surface area contributed by atoms with Gasteiger partial charge in [0.05, 0.1) is 31.4 Å². The van der Waals surface area contributed by atoms with Gasteiger partial charge in [-0.3, -0.25) is 4.79 Å². The van der Waals surface area contributed by atoms with Gasteiger partial charge in [-0.25, -0.2) is 4.79 Å². The fourth-order valence-electron chi connectivity index (χ4n) is 2.24. The van der Waals surface area contributed by atoms with Gasteiger partial charge in [0.1, 0.15) is 0 Å². The van der Waals surface area contributed by atoms with Crippen LogP contribution in [0.25, 0.3) is 0 Å². The van der Waals surface area contributed by atoms with E-state index in [0.717, 1.165) is 0 Å². The zero-order valence-electron chi connectivity index (χ0n) is 13.7. The molecule has 0 aliphatic carbocycles. The number of hydrogen-bond donors (Lipinski definition) is 2. The standard InChI is InChI=1S/C18H19NO5/c1-11(12-8-9-15(20)16(10-12)23-2)17(21)19-14-7-5-4-6-13(14)18(22)24-3/h4-11,20H,1-3H3,(H,19,21). The third-order valence-corrected chi connectivity index (χ3v) is 3.69. The van der Waals surface area contributed by atoms with Gasteiger partial charge >= 0.3 is 5.97 Å². The van der Waals surface area contributed by atoms with E-state index in [0.29, 0.717) is 17.0 Å². The number of para-hydroxylation sites is 1. The van der Waals surface area contributed by atoms with Crippen LogP contribution in [0.3, 0.4) is 0 Å². The van der Waals surface area contributed by atoms with Gasteiger partial charge in [0.25, 0.3) is 0 Å². The second kappa shape index (κ2) is 7.50. The monoisotopic (exact) mass is 329 g/mol. The maximum atomic E-state index is 12.5. The van der Waals surface area contributed by atoms with Crippen molar-refractivity contribution in [2.75, 3.05) is 19.5 Å². The Morgan fingerprint density at radius 2 is 1.83 bits per heavy atom. The van der Waals surface area contributed by atoms with Crippen molar-refractivity contribution >= 4 is 17.6 Å². The van der Waals surface area contributed by atoms with Crippen molar-refractivity contribution in [3.63, 3.8) is 0 Å². The van der Waals surface area contributed by atoms with Gasteiger partial charge in [0.15, 0.2) is 11.5 Å². The normalized spacial score (nSPS) is 11.5. The van der Waals surface area contributed by atoms with E-state index in [9.17, 15) is 14.7 Å². The summed E-state index contributed by atoms with van der Waals surface area (Å²) in [6, 6.07) is 11.3. The number of carbonyl (C=O) groups is 2. The maximum Gasteiger partial charge on any atom is 0.339 e. The zero-order valence-corrected chi connectivity index (χ0v) is 13.7. The maximum absolute atomic E-state index is 12.5. The summed E-state index contributed by atoms with van der Waals surface area (Å²) in [6.07, 6.45) is 0. The Bertz CT molecular complexity index is 757. The molecule has 0 aromatic heterocycles. The van der Waals surface area contributed by atoms with Crippen molar-refractivity contribution in [1.82, 2.24) is 0 Å². The molecule has 0 bridgehead atoms. The molecule has 0 aliphatic heterocycles. The van der Waals surface area contributed by atoms with E-state index in [4.69, 9.17) is 9.47 Å². The summed E-state index contributed by atoms with van der Waals surface area (Å²) in [6.45, 7) is 1.72. The lowest BCUT2D eigenvalue weighted by atomic mass is 9.99. The van der Waals surface area contributed by atoms with Crippen LogP contribution >= 0.6 is 0 Å². The quantitative estimate of drug-likeness (QED) is 0.824. The largest absolute Gasteiger partial charge is 0.504 e. The number of ether oxygens (including phenoxy) is 2. The summed E-state index contributed by atoms with van der Waals surface area (Å²) < 4.78 is 9.77. The molecule has 0 saturated heterocycles. The molecule has 2 N–H and O–H groups in total. The molecule has 2 rings (SSSR count). The summed E-state index contributed by atoms with van der Waals surface area (Å²) in [5.41, 5.74) is 1.34. The molecule has 0 heterocycles. The van der Waals surface area contributed by atoms with E-state index in [1.807, 2.05) is 0 Å². The van der Waals surface area contributed by atoms with Crippen LogP contribution in [-0.4, -0.2) is 31.2 Å². The first-order chi connectivity index (χ1) is 11.5. The lowest BCUT2D eigenvalue weighted by molar-refractivity contribution is -0.117. The van der Waals surface area contributed by atoms with E-state index in [-0.39, 0.29) is 17.2 Å². The first kappa shape index (κ1) is 17.3. The number of anilines is 1. The zero-order chi connectivity index (χ0) is 17.7. The van der Waals surface area contributed by atoms with Gasteiger partial charge in [0, 0.05) is 0 Å². The predicted molar refractivity (Wildman–Crippen MR) is 89.5 cm³/mol. The minimum atomic E-state index is -0.523. The number of phenols is 1. The lowest BCUT2D eigenvalue weighted by Gasteiger charge is -2.15. The molecular formula is C18H19NO5. The Hall–Kier alpha value is -3.02. The molecule has 0 saturated carbocycles. The summed E-state index contributed by atoms with van der Waals surface area (Å²) in [7, 11) is 2.72. The Morgan fingerprint density at radius 3 is 2.50 bits per heavy atom. The Morgan fingerprint density at radius 1 is 1.12 bits per heavy atom. The van der Waals surface area contributed by atoms with Gasteiger partial charge in [0.2, 0.25) is 5.91 Å². The van der Waals surface area contributed by atoms with Gasteiger partial charge in [-0.05, 0) is 36.8 Å². The fraction of sp³-hybridized carbons (Fsp3) is 0.222. The Kier molecular flexibility index (Phi) is 5.42. The van der Waals surface area contributed by atoms with Crippen LogP contribution in [0.15, 0.2) is 42.5 Å². The highest BCUT2D eigenvalue weighted by Gasteiger charge is 2.19. The number of rotatable bonds is 5. The van der Waals surface area contributed by atoms with Crippen LogP contribution < -0.4 is 10.1 Å². The predicted octanol–water partition coefficient (Wildman–Crippen LogP) is 2.93. The third kappa shape index (κ3) is 3.65. The smallest absolute Gasteiger partial charge is 0.339 e. The summed E-state index contributed by atoms with van der Waals surface area (Å²) in [5, 5.41) is 12.4. The Labute approximate surface area is 140 Å². The highest BCUT2D eigenvalue weighted by atomic mass is 16.5. The first-order valence-electron chi connectivity index (χ1n) is 7.33. The fourth-order valence-corrected chi connectivity index (χ4v) is 2.24. The van der Waals surface area contributed by atoms with Crippen molar-refractivity contribution in [2.24, 2.45) is 0 Å². The molecular weight excluding hydrogens is 310 g/mol. The van der Waals surface area contributed by atoms with Crippen LogP contribution in [0.1, 0.15) is 28.8 Å². The molecule has 0 spiro atoms. The summed E-state index contributed by atoms with van der Waals surface area (Å²) in [4.78, 5) is 24.3. The van der Waals surface area contributed by atoms with Crippen molar-refractivity contribution < 1.29 is 24.2 Å².